The van der Waals surface area contributed by atoms with Gasteiger partial charge in [0.25, 0.3) is 0 Å². The molecule has 11 heteroatoms. The number of ketones is 1. The Balaban J connectivity index is 1.79. The van der Waals surface area contributed by atoms with Crippen LogP contribution in [0.15, 0.2) is 0 Å². The number of rotatable bonds is 27. The third kappa shape index (κ3) is 17.2. The van der Waals surface area contributed by atoms with Gasteiger partial charge in [-0.15, -0.1) is 0 Å². The first kappa shape index (κ1) is 34.6. The molecule has 1 aliphatic rings. The number of carbonyl (C=O) groups excluding carboxylic acids is 3. The summed E-state index contributed by atoms with van der Waals surface area (Å²) in [6.45, 7) is 13.3. The molecule has 0 bridgehead atoms. The maximum atomic E-state index is 12.3. The summed E-state index contributed by atoms with van der Waals surface area (Å²) in [5.74, 6) is -0.406. The van der Waals surface area contributed by atoms with Gasteiger partial charge in [-0.25, -0.2) is 0 Å². The Morgan fingerprint density at radius 3 is 1.53 bits per heavy atom. The number of Topliss-reactive ketones (excluding diaryl/α,β-unsaturated/α-hetero) is 1. The molecular formula is C27H49NO10. The van der Waals surface area contributed by atoms with Gasteiger partial charge >= 0.3 is 0 Å². The second kappa shape index (κ2) is 23.4. The van der Waals surface area contributed by atoms with Crippen molar-refractivity contribution in [2.45, 2.75) is 46.5 Å². The highest BCUT2D eigenvalue weighted by molar-refractivity contribution is 6.03. The molecule has 11 nitrogen and oxygen atoms in total. The number of hydrogen-bond donors (Lipinski definition) is 0. The lowest BCUT2D eigenvalue weighted by Crippen LogP contribution is -2.33. The molecule has 1 aliphatic heterocycles. The van der Waals surface area contributed by atoms with E-state index in [1.165, 1.54) is 4.90 Å². The van der Waals surface area contributed by atoms with E-state index in [9.17, 15) is 14.4 Å². The molecule has 2 amide bonds. The Bertz CT molecular complexity index is 631. The molecule has 0 saturated carbocycles. The van der Waals surface area contributed by atoms with Gasteiger partial charge in [0.15, 0.2) is 0 Å². The molecule has 0 aromatic heterocycles. The molecule has 0 aromatic carbocycles. The van der Waals surface area contributed by atoms with Crippen molar-refractivity contribution in [3.8, 4) is 0 Å². The standard InChI is InChI=1S/C27H49NO10/c1-4-32-10-11-34-14-15-36-18-19-38-21-20-37-17-16-35-13-12-33-9-5-6-24(29)7-8-28-26(30)22-25(23(2)3)27(28)31/h23,25H,4-22H2,1-3H3. The number of carbonyl (C=O) groups is 3. The summed E-state index contributed by atoms with van der Waals surface area (Å²) in [6, 6.07) is 0. The first-order chi connectivity index (χ1) is 18.5. The van der Waals surface area contributed by atoms with Gasteiger partial charge in [-0.1, -0.05) is 13.8 Å². The highest BCUT2D eigenvalue weighted by atomic mass is 16.6. The zero-order chi connectivity index (χ0) is 27.8. The average molecular weight is 548 g/mol. The van der Waals surface area contributed by atoms with Crippen LogP contribution in [0.25, 0.3) is 0 Å². The van der Waals surface area contributed by atoms with Gasteiger partial charge in [0.05, 0.1) is 79.3 Å². The molecular weight excluding hydrogens is 498 g/mol. The summed E-state index contributed by atoms with van der Waals surface area (Å²) in [6.07, 6.45) is 1.43. The Morgan fingerprint density at radius 2 is 1.13 bits per heavy atom. The van der Waals surface area contributed by atoms with Crippen molar-refractivity contribution in [3.05, 3.63) is 0 Å². The summed E-state index contributed by atoms with van der Waals surface area (Å²) in [7, 11) is 0. The van der Waals surface area contributed by atoms with Crippen LogP contribution in [0.2, 0.25) is 0 Å². The van der Waals surface area contributed by atoms with Gasteiger partial charge in [0, 0.05) is 44.9 Å². The third-order valence-electron chi connectivity index (χ3n) is 5.88. The summed E-state index contributed by atoms with van der Waals surface area (Å²) < 4.78 is 37.7. The van der Waals surface area contributed by atoms with Crippen molar-refractivity contribution in [1.82, 2.24) is 4.90 Å². The first-order valence-electron chi connectivity index (χ1n) is 13.9. The largest absolute Gasteiger partial charge is 0.379 e. The second-order valence-electron chi connectivity index (χ2n) is 9.20. The number of hydrogen-bond acceptors (Lipinski definition) is 10. The number of imide groups is 1. The molecule has 0 radical (unpaired) electrons. The van der Waals surface area contributed by atoms with E-state index in [0.29, 0.717) is 105 Å². The van der Waals surface area contributed by atoms with Gasteiger partial charge in [-0.2, -0.15) is 0 Å². The fourth-order valence-corrected chi connectivity index (χ4v) is 3.66. The lowest BCUT2D eigenvalue weighted by molar-refractivity contribution is -0.140. The molecule has 38 heavy (non-hydrogen) atoms. The van der Waals surface area contributed by atoms with Crippen LogP contribution in [0.5, 0.6) is 0 Å². The van der Waals surface area contributed by atoms with Crippen LogP contribution in [0, 0.1) is 11.8 Å². The van der Waals surface area contributed by atoms with Crippen LogP contribution in [0.1, 0.15) is 46.5 Å². The molecule has 0 spiro atoms. The van der Waals surface area contributed by atoms with Crippen molar-refractivity contribution in [2.24, 2.45) is 11.8 Å². The van der Waals surface area contributed by atoms with E-state index in [1.807, 2.05) is 20.8 Å². The minimum atomic E-state index is -0.252. The van der Waals surface area contributed by atoms with E-state index in [2.05, 4.69) is 0 Å². The van der Waals surface area contributed by atoms with E-state index in [1.54, 1.807) is 0 Å². The lowest BCUT2D eigenvalue weighted by Gasteiger charge is -2.15. The van der Waals surface area contributed by atoms with Gasteiger partial charge < -0.3 is 33.2 Å². The maximum Gasteiger partial charge on any atom is 0.233 e. The normalized spacial score (nSPS) is 15.8. The third-order valence-corrected chi connectivity index (χ3v) is 5.88. The van der Waals surface area contributed by atoms with Crippen molar-refractivity contribution in [1.29, 1.82) is 0 Å². The highest BCUT2D eigenvalue weighted by Gasteiger charge is 2.39. The van der Waals surface area contributed by atoms with Crippen LogP contribution in [0.4, 0.5) is 0 Å². The zero-order valence-corrected chi connectivity index (χ0v) is 23.6. The van der Waals surface area contributed by atoms with E-state index < -0.39 is 0 Å². The molecule has 1 heterocycles. The molecule has 1 saturated heterocycles. The maximum absolute atomic E-state index is 12.3. The fraction of sp³-hybridized carbons (Fsp3) is 0.889. The summed E-state index contributed by atoms with van der Waals surface area (Å²) in [5, 5.41) is 0. The minimum Gasteiger partial charge on any atom is -0.379 e. The number of amides is 2. The van der Waals surface area contributed by atoms with Crippen molar-refractivity contribution in [2.75, 3.05) is 99.0 Å². The van der Waals surface area contributed by atoms with Crippen LogP contribution in [-0.4, -0.2) is 122 Å². The monoisotopic (exact) mass is 547 g/mol. The van der Waals surface area contributed by atoms with Crippen LogP contribution in [0.3, 0.4) is 0 Å². The van der Waals surface area contributed by atoms with Gasteiger partial charge in [0.2, 0.25) is 11.8 Å². The molecule has 1 fully saturated rings. The topological polar surface area (TPSA) is 119 Å². The average Bonchev–Trinajstić information content (AvgIpc) is 3.18. The van der Waals surface area contributed by atoms with E-state index in [-0.39, 0.29) is 48.8 Å². The molecule has 0 aliphatic carbocycles. The first-order valence-corrected chi connectivity index (χ1v) is 13.9. The number of ether oxygens (including phenoxy) is 7. The van der Waals surface area contributed by atoms with E-state index >= 15 is 0 Å². The SMILES string of the molecule is CCOCCOCCOCCOCCOCCOCCOCCCC(=O)CCN1C(=O)CC(C(C)C)C1=O. The second-order valence-corrected chi connectivity index (χ2v) is 9.20. The van der Waals surface area contributed by atoms with Crippen LogP contribution >= 0.6 is 0 Å². The summed E-state index contributed by atoms with van der Waals surface area (Å²) in [5.41, 5.74) is 0. The smallest absolute Gasteiger partial charge is 0.233 e. The van der Waals surface area contributed by atoms with Gasteiger partial charge in [-0.3, -0.25) is 19.3 Å². The van der Waals surface area contributed by atoms with E-state index in [0.717, 1.165) is 0 Å². The highest BCUT2D eigenvalue weighted by Crippen LogP contribution is 2.26. The Hall–Kier alpha value is -1.47. The van der Waals surface area contributed by atoms with Crippen molar-refractivity contribution in [3.63, 3.8) is 0 Å². The fourth-order valence-electron chi connectivity index (χ4n) is 3.66. The van der Waals surface area contributed by atoms with Gasteiger partial charge in [-0.05, 0) is 19.3 Å². The number of likely N-dealkylation sites (tertiary alicyclic amines) is 1. The molecule has 1 atom stereocenters. The van der Waals surface area contributed by atoms with E-state index in [4.69, 9.17) is 33.2 Å². The lowest BCUT2D eigenvalue weighted by atomic mass is 9.94. The molecule has 0 aromatic rings. The van der Waals surface area contributed by atoms with Gasteiger partial charge in [0.1, 0.15) is 5.78 Å². The molecule has 1 unspecified atom stereocenters. The van der Waals surface area contributed by atoms with Crippen molar-refractivity contribution >= 4 is 17.6 Å². The Kier molecular flexibility index (Phi) is 21.3. The molecule has 1 rings (SSSR count). The Morgan fingerprint density at radius 1 is 0.711 bits per heavy atom. The van der Waals surface area contributed by atoms with Crippen molar-refractivity contribution < 1.29 is 47.5 Å². The number of nitrogens with zero attached hydrogens (tertiary/aromatic N) is 1. The van der Waals surface area contributed by atoms with Crippen LogP contribution < -0.4 is 0 Å². The zero-order valence-electron chi connectivity index (χ0n) is 23.6. The minimum absolute atomic E-state index is 0.0331. The Labute approximate surface area is 227 Å². The summed E-state index contributed by atoms with van der Waals surface area (Å²) >= 11 is 0. The predicted octanol–water partition coefficient (Wildman–Crippen LogP) is 1.89. The molecule has 0 N–H and O–H groups in total. The quantitative estimate of drug-likeness (QED) is 0.111. The molecule has 222 valence electrons. The van der Waals surface area contributed by atoms with Crippen LogP contribution in [-0.2, 0) is 47.5 Å². The summed E-state index contributed by atoms with van der Waals surface area (Å²) in [4.78, 5) is 37.6. The predicted molar refractivity (Wildman–Crippen MR) is 140 cm³/mol.